The minimum absolute atomic E-state index is 0.0579. The molecule has 0 bridgehead atoms. The predicted molar refractivity (Wildman–Crippen MR) is 97.7 cm³/mol. The molecule has 0 saturated carbocycles. The number of aromatic hydroxyl groups is 1. The van der Waals surface area contributed by atoms with E-state index < -0.39 is 11.2 Å². The average molecular weight is 381 g/mol. The van der Waals surface area contributed by atoms with E-state index in [4.69, 9.17) is 23.2 Å². The number of amides is 1. The third-order valence-corrected chi connectivity index (χ3v) is 5.09. The number of carbonyl (C=O) groups is 1. The Hall–Kier alpha value is -1.98. The molecule has 1 amide bonds. The number of rotatable bonds is 3. The number of hydrogen-bond acceptors (Lipinski definition) is 3. The number of fused-ring (bicyclic) bond motifs is 1. The number of benzene rings is 1. The molecule has 132 valence electrons. The maximum Gasteiger partial charge on any atom is 0.274 e. The van der Waals surface area contributed by atoms with Crippen molar-refractivity contribution in [2.24, 2.45) is 0 Å². The van der Waals surface area contributed by atoms with Crippen LogP contribution in [0.15, 0.2) is 29.1 Å². The molecule has 1 aliphatic heterocycles. The summed E-state index contributed by atoms with van der Waals surface area (Å²) < 4.78 is 1.75. The zero-order chi connectivity index (χ0) is 18.3. The summed E-state index contributed by atoms with van der Waals surface area (Å²) in [4.78, 5) is 26.5. The zero-order valence-corrected chi connectivity index (χ0v) is 15.4. The summed E-state index contributed by atoms with van der Waals surface area (Å²) in [5.74, 6) is -0.788. The van der Waals surface area contributed by atoms with Gasteiger partial charge >= 0.3 is 0 Å². The second kappa shape index (κ2) is 6.73. The topological polar surface area (TPSA) is 62.5 Å². The third kappa shape index (κ3) is 3.26. The lowest BCUT2D eigenvalue weighted by molar-refractivity contribution is 0.0680. The van der Waals surface area contributed by atoms with Gasteiger partial charge in [-0.15, -0.1) is 0 Å². The van der Waals surface area contributed by atoms with E-state index in [-0.39, 0.29) is 17.5 Å². The van der Waals surface area contributed by atoms with Crippen molar-refractivity contribution < 1.29 is 9.90 Å². The van der Waals surface area contributed by atoms with Crippen LogP contribution in [-0.2, 0) is 13.1 Å². The molecule has 0 spiro atoms. The molecule has 0 fully saturated rings. The van der Waals surface area contributed by atoms with E-state index in [2.05, 4.69) is 0 Å². The molecule has 1 aromatic carbocycles. The molecule has 5 nitrogen and oxygen atoms in total. The van der Waals surface area contributed by atoms with Crippen LogP contribution in [0.1, 0.15) is 41.5 Å². The van der Waals surface area contributed by atoms with Crippen molar-refractivity contribution in [1.29, 1.82) is 0 Å². The van der Waals surface area contributed by atoms with Gasteiger partial charge in [-0.25, -0.2) is 0 Å². The first-order chi connectivity index (χ1) is 11.8. The van der Waals surface area contributed by atoms with Gasteiger partial charge in [-0.1, -0.05) is 43.1 Å². The fourth-order valence-corrected chi connectivity index (χ4v) is 3.39. The van der Waals surface area contributed by atoms with Gasteiger partial charge in [0, 0.05) is 31.4 Å². The molecule has 2 aromatic rings. The average Bonchev–Trinajstić information content (AvgIpc) is 2.56. The minimum atomic E-state index is -0.528. The lowest BCUT2D eigenvalue weighted by Gasteiger charge is -2.32. The molecule has 7 heteroatoms. The van der Waals surface area contributed by atoms with E-state index in [9.17, 15) is 14.7 Å². The van der Waals surface area contributed by atoms with E-state index in [0.29, 0.717) is 29.7 Å². The van der Waals surface area contributed by atoms with Gasteiger partial charge in [-0.2, -0.15) is 0 Å². The first kappa shape index (κ1) is 17.8. The van der Waals surface area contributed by atoms with Crippen LogP contribution in [0.3, 0.4) is 0 Å². The van der Waals surface area contributed by atoms with Crippen molar-refractivity contribution in [3.8, 4) is 5.75 Å². The Morgan fingerprint density at radius 2 is 1.84 bits per heavy atom. The van der Waals surface area contributed by atoms with Crippen LogP contribution in [-0.4, -0.2) is 27.0 Å². The fourth-order valence-electron chi connectivity index (χ4n) is 3.07. The van der Waals surface area contributed by atoms with Crippen LogP contribution in [0.5, 0.6) is 5.75 Å². The highest BCUT2D eigenvalue weighted by Crippen LogP contribution is 2.27. The molecule has 0 aliphatic carbocycles. The number of carbonyl (C=O) groups excluding carboxylic acids is 1. The van der Waals surface area contributed by atoms with E-state index in [0.717, 1.165) is 11.3 Å². The van der Waals surface area contributed by atoms with Crippen molar-refractivity contribution in [3.05, 3.63) is 61.5 Å². The van der Waals surface area contributed by atoms with E-state index >= 15 is 0 Å². The van der Waals surface area contributed by atoms with E-state index in [1.165, 1.54) is 6.07 Å². The van der Waals surface area contributed by atoms with Gasteiger partial charge < -0.3 is 14.6 Å². The molecular weight excluding hydrogens is 363 g/mol. The zero-order valence-electron chi connectivity index (χ0n) is 13.9. The summed E-state index contributed by atoms with van der Waals surface area (Å²) in [5.41, 5.74) is 1.11. The van der Waals surface area contributed by atoms with Gasteiger partial charge in [0.25, 0.3) is 5.91 Å². The summed E-state index contributed by atoms with van der Waals surface area (Å²) in [6.07, 6.45) is 0. The largest absolute Gasteiger partial charge is 0.503 e. The third-order valence-electron chi connectivity index (χ3n) is 4.35. The van der Waals surface area contributed by atoms with Gasteiger partial charge in [0.15, 0.2) is 11.4 Å². The first-order valence-electron chi connectivity index (χ1n) is 7.99. The number of pyridine rings is 1. The van der Waals surface area contributed by atoms with Crippen molar-refractivity contribution >= 4 is 29.1 Å². The van der Waals surface area contributed by atoms with Crippen LogP contribution >= 0.6 is 23.2 Å². The Balaban J connectivity index is 1.98. The number of halogens is 2. The maximum atomic E-state index is 12.9. The van der Waals surface area contributed by atoms with Crippen molar-refractivity contribution in [2.75, 3.05) is 6.54 Å². The Morgan fingerprint density at radius 3 is 2.48 bits per heavy atom. The van der Waals surface area contributed by atoms with Crippen LogP contribution in [0.4, 0.5) is 0 Å². The van der Waals surface area contributed by atoms with Gasteiger partial charge in [0.05, 0.1) is 10.0 Å². The highest BCUT2D eigenvalue weighted by Gasteiger charge is 2.30. The van der Waals surface area contributed by atoms with Crippen molar-refractivity contribution in [2.45, 2.75) is 32.9 Å². The monoisotopic (exact) mass is 380 g/mol. The van der Waals surface area contributed by atoms with Gasteiger partial charge in [-0.05, 0) is 23.6 Å². The summed E-state index contributed by atoms with van der Waals surface area (Å²) >= 11 is 12.0. The smallest absolute Gasteiger partial charge is 0.274 e. The van der Waals surface area contributed by atoms with Crippen LogP contribution in [0.2, 0.25) is 10.0 Å². The predicted octanol–water partition coefficient (Wildman–Crippen LogP) is 3.64. The molecule has 3 rings (SSSR count). The first-order valence-corrected chi connectivity index (χ1v) is 8.75. The van der Waals surface area contributed by atoms with Crippen LogP contribution in [0.25, 0.3) is 0 Å². The van der Waals surface area contributed by atoms with Crippen molar-refractivity contribution in [3.63, 3.8) is 0 Å². The number of nitrogens with zero attached hydrogens (tertiary/aromatic N) is 2. The van der Waals surface area contributed by atoms with E-state index in [1.54, 1.807) is 27.7 Å². The maximum absolute atomic E-state index is 12.9. The summed E-state index contributed by atoms with van der Waals surface area (Å²) in [5, 5.41) is 11.0. The minimum Gasteiger partial charge on any atom is -0.503 e. The Bertz CT molecular complexity index is 906. The lowest BCUT2D eigenvalue weighted by atomic mass is 10.1. The standard InChI is InChI=1S/C18H18Cl2N2O3/c1-10(2)14-8-15(23)17(24)16-18(25)21(5-6-22(14)16)9-11-3-4-12(19)13(20)7-11/h3-4,7-8,10,24H,5-6,9H2,1-2H3. The fraction of sp³-hybridized carbons (Fsp3) is 0.333. The SMILES string of the molecule is CC(C)c1cc(=O)c(O)c2n1CCN(Cc1ccc(Cl)c(Cl)c1)C2=O. The summed E-state index contributed by atoms with van der Waals surface area (Å²) in [7, 11) is 0. The lowest BCUT2D eigenvalue weighted by Crippen LogP contribution is -2.42. The summed E-state index contributed by atoms with van der Waals surface area (Å²) in [6.45, 7) is 5.23. The second-order valence-corrected chi connectivity index (χ2v) is 7.23. The van der Waals surface area contributed by atoms with E-state index in [1.807, 2.05) is 13.8 Å². The van der Waals surface area contributed by atoms with Crippen LogP contribution < -0.4 is 5.43 Å². The van der Waals surface area contributed by atoms with Crippen LogP contribution in [0, 0.1) is 0 Å². The molecule has 0 saturated heterocycles. The molecule has 0 unspecified atom stereocenters. The van der Waals surface area contributed by atoms with Gasteiger partial charge in [0.1, 0.15) is 0 Å². The van der Waals surface area contributed by atoms with Gasteiger partial charge in [0.2, 0.25) is 5.43 Å². The Morgan fingerprint density at radius 1 is 1.12 bits per heavy atom. The molecule has 1 aliphatic rings. The highest BCUT2D eigenvalue weighted by molar-refractivity contribution is 6.42. The van der Waals surface area contributed by atoms with Crippen molar-refractivity contribution in [1.82, 2.24) is 9.47 Å². The molecule has 0 radical (unpaired) electrons. The molecule has 2 heterocycles. The quantitative estimate of drug-likeness (QED) is 0.883. The Kier molecular flexibility index (Phi) is 4.80. The summed E-state index contributed by atoms with van der Waals surface area (Å²) in [6, 6.07) is 6.60. The molecule has 25 heavy (non-hydrogen) atoms. The molecule has 1 N–H and O–H groups in total. The normalized spacial score (nSPS) is 14.1. The highest BCUT2D eigenvalue weighted by atomic mass is 35.5. The molecular formula is C18H18Cl2N2O3. The number of hydrogen-bond donors (Lipinski definition) is 1. The molecule has 0 atom stereocenters. The second-order valence-electron chi connectivity index (χ2n) is 6.41. The Labute approximate surface area is 155 Å². The number of aromatic nitrogens is 1. The molecule has 1 aromatic heterocycles. The van der Waals surface area contributed by atoms with Gasteiger partial charge in [-0.3, -0.25) is 9.59 Å².